The van der Waals surface area contributed by atoms with Crippen molar-refractivity contribution in [2.45, 2.75) is 11.4 Å². The zero-order valence-electron chi connectivity index (χ0n) is 16.5. The molecule has 1 aliphatic rings. The zero-order valence-corrected chi connectivity index (χ0v) is 18.1. The van der Waals surface area contributed by atoms with E-state index in [1.807, 2.05) is 0 Å². The number of alkyl halides is 3. The second kappa shape index (κ2) is 8.60. The largest absolute Gasteiger partial charge is 0.534 e. The number of rotatable bonds is 6. The molecule has 4 rings (SSSR count). The van der Waals surface area contributed by atoms with Crippen molar-refractivity contribution >= 4 is 27.5 Å². The summed E-state index contributed by atoms with van der Waals surface area (Å²) in [4.78, 5) is 13.5. The number of fused-ring (bicyclic) bond motifs is 1. The Kier molecular flexibility index (Phi) is 5.98. The summed E-state index contributed by atoms with van der Waals surface area (Å²) < 4.78 is 75.0. The van der Waals surface area contributed by atoms with Gasteiger partial charge in [0, 0.05) is 10.6 Å². The highest BCUT2D eigenvalue weighted by Gasteiger charge is 2.48. The van der Waals surface area contributed by atoms with Crippen molar-refractivity contribution in [2.75, 3.05) is 6.79 Å². The number of halogens is 4. The number of ketones is 1. The third-order valence-corrected chi connectivity index (χ3v) is 6.06. The Morgan fingerprint density at radius 1 is 0.909 bits per heavy atom. The second-order valence-electron chi connectivity index (χ2n) is 6.97. The summed E-state index contributed by atoms with van der Waals surface area (Å²) in [5.74, 6) is -0.816. The van der Waals surface area contributed by atoms with E-state index < -0.39 is 27.3 Å². The molecule has 11 heteroatoms. The van der Waals surface area contributed by atoms with Crippen molar-refractivity contribution in [3.63, 3.8) is 0 Å². The minimum atomic E-state index is -5.81. The van der Waals surface area contributed by atoms with E-state index in [0.717, 1.165) is 12.1 Å². The highest BCUT2D eigenvalue weighted by Crippen LogP contribution is 2.36. The van der Waals surface area contributed by atoms with Crippen LogP contribution in [0.15, 0.2) is 66.7 Å². The number of hydrogen-bond donors (Lipinski definition) is 0. The smallest absolute Gasteiger partial charge is 0.454 e. The molecule has 0 fully saturated rings. The van der Waals surface area contributed by atoms with Crippen LogP contribution in [0.1, 0.15) is 27.4 Å². The van der Waals surface area contributed by atoms with E-state index in [-0.39, 0.29) is 12.6 Å². The van der Waals surface area contributed by atoms with Crippen molar-refractivity contribution < 1.29 is 40.0 Å². The van der Waals surface area contributed by atoms with E-state index in [1.54, 1.807) is 42.5 Å². The molecular formula is C22H14ClF3O6S. The molecule has 0 aromatic heterocycles. The van der Waals surface area contributed by atoms with Gasteiger partial charge in [-0.25, -0.2) is 0 Å². The molecule has 0 aliphatic carbocycles. The molecular weight excluding hydrogens is 485 g/mol. The summed E-state index contributed by atoms with van der Waals surface area (Å²) in [5, 5.41) is 0.453. The average molecular weight is 499 g/mol. The van der Waals surface area contributed by atoms with Gasteiger partial charge < -0.3 is 13.7 Å². The molecule has 0 amide bonds. The summed E-state index contributed by atoms with van der Waals surface area (Å²) in [7, 11) is -5.81. The molecule has 3 aromatic carbocycles. The van der Waals surface area contributed by atoms with Crippen molar-refractivity contribution in [1.82, 2.24) is 0 Å². The standard InChI is InChI=1S/C22H14ClF3O6S/c23-16-6-1-13(2-7-16)20(21(27)15-5-10-18-19(11-15)31-12-30-18)14-3-8-17(9-4-14)32-33(28,29)22(24,25)26/h1-11,20H,12H2. The van der Waals surface area contributed by atoms with Crippen LogP contribution in [0.3, 0.4) is 0 Å². The van der Waals surface area contributed by atoms with E-state index in [4.69, 9.17) is 21.1 Å². The lowest BCUT2D eigenvalue weighted by atomic mass is 9.85. The maximum atomic E-state index is 13.5. The lowest BCUT2D eigenvalue weighted by Crippen LogP contribution is -2.28. The first-order valence-corrected chi connectivity index (χ1v) is 11.1. The molecule has 6 nitrogen and oxygen atoms in total. The van der Waals surface area contributed by atoms with Crippen molar-refractivity contribution in [3.8, 4) is 17.2 Å². The number of hydrogen-bond acceptors (Lipinski definition) is 6. The molecule has 0 N–H and O–H groups in total. The summed E-state index contributed by atoms with van der Waals surface area (Å²) in [5.41, 5.74) is -4.28. The van der Waals surface area contributed by atoms with Crippen molar-refractivity contribution in [3.05, 3.63) is 88.4 Å². The Balaban J connectivity index is 1.70. The normalized spacial score (nSPS) is 14.1. The topological polar surface area (TPSA) is 78.9 Å². The molecule has 3 aromatic rings. The van der Waals surface area contributed by atoms with Gasteiger partial charge in [-0.15, -0.1) is 0 Å². The van der Waals surface area contributed by atoms with Crippen LogP contribution in [0, 0.1) is 0 Å². The van der Waals surface area contributed by atoms with Crippen LogP contribution in [0.2, 0.25) is 5.02 Å². The van der Waals surface area contributed by atoms with E-state index in [9.17, 15) is 26.4 Å². The number of Topliss-reactive ketones (excluding diaryl/α,β-unsaturated/α-hetero) is 1. The van der Waals surface area contributed by atoms with Crippen molar-refractivity contribution in [2.24, 2.45) is 0 Å². The molecule has 33 heavy (non-hydrogen) atoms. The van der Waals surface area contributed by atoms with Crippen LogP contribution in [0.4, 0.5) is 13.2 Å². The molecule has 1 unspecified atom stereocenters. The maximum Gasteiger partial charge on any atom is 0.534 e. The zero-order chi connectivity index (χ0) is 23.8. The van der Waals surface area contributed by atoms with E-state index in [2.05, 4.69) is 4.18 Å². The van der Waals surface area contributed by atoms with Crippen LogP contribution in [-0.4, -0.2) is 26.5 Å². The number of carbonyl (C=O) groups excluding carboxylic acids is 1. The third-order valence-electron chi connectivity index (χ3n) is 4.83. The first-order valence-electron chi connectivity index (χ1n) is 9.35. The first kappa shape index (κ1) is 22.9. The van der Waals surface area contributed by atoms with Gasteiger partial charge in [-0.3, -0.25) is 4.79 Å². The molecule has 0 saturated carbocycles. The highest BCUT2D eigenvalue weighted by atomic mass is 35.5. The van der Waals surface area contributed by atoms with Gasteiger partial charge in [0.15, 0.2) is 17.3 Å². The van der Waals surface area contributed by atoms with Gasteiger partial charge in [0.1, 0.15) is 5.75 Å². The quantitative estimate of drug-likeness (QED) is 0.260. The Bertz CT molecular complexity index is 1290. The Morgan fingerprint density at radius 3 is 2.09 bits per heavy atom. The molecule has 1 heterocycles. The highest BCUT2D eigenvalue weighted by molar-refractivity contribution is 7.88. The fraction of sp³-hybridized carbons (Fsp3) is 0.136. The Morgan fingerprint density at radius 2 is 1.48 bits per heavy atom. The maximum absolute atomic E-state index is 13.5. The average Bonchev–Trinajstić information content (AvgIpc) is 3.23. The molecule has 0 spiro atoms. The first-order chi connectivity index (χ1) is 15.5. The van der Waals surface area contributed by atoms with E-state index in [1.165, 1.54) is 12.1 Å². The third kappa shape index (κ3) is 4.76. The SMILES string of the molecule is O=C(c1ccc2c(c1)OCO2)C(c1ccc(Cl)cc1)c1ccc(OS(=O)(=O)C(F)(F)F)cc1. The van der Waals surface area contributed by atoms with E-state index in [0.29, 0.717) is 33.2 Å². The Labute approximate surface area is 191 Å². The lowest BCUT2D eigenvalue weighted by Gasteiger charge is -2.18. The summed E-state index contributed by atoms with van der Waals surface area (Å²) in [6.07, 6.45) is 0. The van der Waals surface area contributed by atoms with Crippen LogP contribution in [-0.2, 0) is 10.1 Å². The molecule has 1 atom stereocenters. The number of ether oxygens (including phenoxy) is 2. The van der Waals surface area contributed by atoms with Gasteiger partial charge in [0.25, 0.3) is 0 Å². The monoisotopic (exact) mass is 498 g/mol. The minimum absolute atomic E-state index is 0.0376. The van der Waals surface area contributed by atoms with Crippen LogP contribution in [0.5, 0.6) is 17.2 Å². The van der Waals surface area contributed by atoms with Gasteiger partial charge >= 0.3 is 15.6 Å². The second-order valence-corrected chi connectivity index (χ2v) is 8.94. The van der Waals surface area contributed by atoms with Gasteiger partial charge in [0.05, 0.1) is 5.92 Å². The Hall–Kier alpha value is -3.24. The van der Waals surface area contributed by atoms with Gasteiger partial charge in [0.2, 0.25) is 6.79 Å². The molecule has 0 bridgehead atoms. The summed E-state index contributed by atoms with van der Waals surface area (Å²) >= 11 is 5.96. The fourth-order valence-corrected chi connectivity index (χ4v) is 3.84. The van der Waals surface area contributed by atoms with Gasteiger partial charge in [-0.2, -0.15) is 21.6 Å². The fourth-order valence-electron chi connectivity index (χ4n) is 3.26. The molecule has 1 aliphatic heterocycles. The number of carbonyl (C=O) groups is 1. The summed E-state index contributed by atoms with van der Waals surface area (Å²) in [6.45, 7) is 0.0376. The number of benzene rings is 3. The predicted octanol–water partition coefficient (Wildman–Crippen LogP) is 5.31. The van der Waals surface area contributed by atoms with Crippen molar-refractivity contribution in [1.29, 1.82) is 0 Å². The van der Waals surface area contributed by atoms with Crippen LogP contribution < -0.4 is 13.7 Å². The van der Waals surface area contributed by atoms with Crippen LogP contribution in [0.25, 0.3) is 0 Å². The molecule has 172 valence electrons. The van der Waals surface area contributed by atoms with Crippen LogP contribution >= 0.6 is 11.6 Å². The molecule has 0 radical (unpaired) electrons. The van der Waals surface area contributed by atoms with Gasteiger partial charge in [-0.1, -0.05) is 35.9 Å². The van der Waals surface area contributed by atoms with Gasteiger partial charge in [-0.05, 0) is 53.6 Å². The molecule has 0 saturated heterocycles. The summed E-state index contributed by atoms with van der Waals surface area (Å²) in [6, 6.07) is 16.0. The van der Waals surface area contributed by atoms with E-state index >= 15 is 0 Å². The lowest BCUT2D eigenvalue weighted by molar-refractivity contribution is -0.0500. The minimum Gasteiger partial charge on any atom is -0.454 e. The predicted molar refractivity (Wildman–Crippen MR) is 112 cm³/mol.